The minimum atomic E-state index is 0.0144. The molecule has 0 bridgehead atoms. The van der Waals surface area contributed by atoms with E-state index in [2.05, 4.69) is 96.4 Å². The lowest BCUT2D eigenvalue weighted by atomic mass is 10.0. The van der Waals surface area contributed by atoms with Gasteiger partial charge in [0.1, 0.15) is 12.4 Å². The molecule has 0 radical (unpaired) electrons. The first-order valence-corrected chi connectivity index (χ1v) is 8.97. The maximum atomic E-state index is 4.37. The van der Waals surface area contributed by atoms with Crippen molar-refractivity contribution in [2.24, 2.45) is 0 Å². The summed E-state index contributed by atoms with van der Waals surface area (Å²) in [6, 6.07) is 16.7. The van der Waals surface area contributed by atoms with Crippen LogP contribution >= 0.6 is 38.5 Å². The van der Waals surface area contributed by atoms with Crippen molar-refractivity contribution in [3.63, 3.8) is 0 Å². The van der Waals surface area contributed by atoms with Gasteiger partial charge in [-0.25, -0.2) is 4.68 Å². The van der Waals surface area contributed by atoms with Crippen LogP contribution in [0.5, 0.6) is 0 Å². The fourth-order valence-electron chi connectivity index (χ4n) is 2.66. The van der Waals surface area contributed by atoms with Gasteiger partial charge in [-0.15, -0.1) is 0 Å². The summed E-state index contributed by atoms with van der Waals surface area (Å²) in [5.41, 5.74) is 3.35. The van der Waals surface area contributed by atoms with E-state index >= 15 is 0 Å². The topological polar surface area (TPSA) is 42.7 Å². The summed E-state index contributed by atoms with van der Waals surface area (Å²) in [4.78, 5) is 4.33. The van der Waals surface area contributed by atoms with Crippen molar-refractivity contribution in [1.82, 2.24) is 14.8 Å². The minimum Gasteiger partial charge on any atom is -0.324 e. The zero-order valence-electron chi connectivity index (χ0n) is 11.9. The Balaban J connectivity index is 1.81. The number of allylic oxidation sites excluding steroid dienone is 1. The number of aromatic nitrogens is 3. The molecule has 0 unspecified atom stereocenters. The highest BCUT2D eigenvalue weighted by Gasteiger charge is 2.23. The molecule has 0 saturated heterocycles. The Hall–Kier alpha value is -1.67. The number of nitrogens with zero attached hydrogens (tertiary/aromatic N) is 3. The second-order valence-electron chi connectivity index (χ2n) is 5.24. The highest BCUT2D eigenvalue weighted by Crippen LogP contribution is 2.32. The van der Waals surface area contributed by atoms with Gasteiger partial charge in [-0.3, -0.25) is 0 Å². The number of nitrogens with one attached hydrogen (secondary N) is 1. The summed E-state index contributed by atoms with van der Waals surface area (Å²) in [6.07, 6.45) is 3.77. The van der Waals surface area contributed by atoms with Crippen LogP contribution < -0.4 is 5.32 Å². The molecule has 0 spiro atoms. The van der Waals surface area contributed by atoms with E-state index in [0.29, 0.717) is 0 Å². The summed E-state index contributed by atoms with van der Waals surface area (Å²) in [5, 5.41) is 7.73. The van der Waals surface area contributed by atoms with Crippen LogP contribution in [0.4, 0.5) is 5.95 Å². The average Bonchev–Trinajstić information content (AvgIpc) is 3.03. The summed E-state index contributed by atoms with van der Waals surface area (Å²) in [7, 11) is 0. The molecule has 0 amide bonds. The molecule has 2 heterocycles. The van der Waals surface area contributed by atoms with Gasteiger partial charge in [0.2, 0.25) is 5.95 Å². The molecular formula is C17H12BrIN4. The Kier molecular flexibility index (Phi) is 3.94. The van der Waals surface area contributed by atoms with Gasteiger partial charge in [-0.05, 0) is 64.1 Å². The normalized spacial score (nSPS) is 16.4. The molecule has 6 heteroatoms. The van der Waals surface area contributed by atoms with Crippen molar-refractivity contribution in [3.05, 3.63) is 80.1 Å². The Bertz CT molecular complexity index is 886. The van der Waals surface area contributed by atoms with Gasteiger partial charge in [-0.2, -0.15) is 10.1 Å². The first-order valence-electron chi connectivity index (χ1n) is 7.10. The van der Waals surface area contributed by atoms with E-state index in [1.807, 2.05) is 16.8 Å². The molecule has 23 heavy (non-hydrogen) atoms. The third-order valence-electron chi connectivity index (χ3n) is 3.75. The van der Waals surface area contributed by atoms with Gasteiger partial charge in [0.05, 0.1) is 0 Å². The Morgan fingerprint density at radius 1 is 1.13 bits per heavy atom. The number of rotatable bonds is 2. The lowest BCUT2D eigenvalue weighted by molar-refractivity contribution is 0.611. The molecule has 0 fully saturated rings. The molecule has 3 aromatic rings. The molecule has 4 nitrogen and oxygen atoms in total. The van der Waals surface area contributed by atoms with Crippen molar-refractivity contribution in [3.8, 4) is 0 Å². The minimum absolute atomic E-state index is 0.0144. The maximum absolute atomic E-state index is 4.37. The van der Waals surface area contributed by atoms with Crippen LogP contribution in [0.3, 0.4) is 0 Å². The number of benzene rings is 2. The van der Waals surface area contributed by atoms with Gasteiger partial charge in [-0.1, -0.05) is 40.2 Å². The average molecular weight is 479 g/mol. The van der Waals surface area contributed by atoms with Crippen LogP contribution in [0, 0.1) is 3.57 Å². The molecule has 1 atom stereocenters. The van der Waals surface area contributed by atoms with E-state index in [-0.39, 0.29) is 6.04 Å². The quantitative estimate of drug-likeness (QED) is 0.543. The SMILES string of the molecule is Brc1cccc([C@H]2C=C(c3ccc(I)cc3)Nc3ncnn32)c1. The highest BCUT2D eigenvalue weighted by atomic mass is 127. The predicted molar refractivity (Wildman–Crippen MR) is 103 cm³/mol. The lowest BCUT2D eigenvalue weighted by Crippen LogP contribution is -2.20. The van der Waals surface area contributed by atoms with Crippen LogP contribution in [0.1, 0.15) is 17.2 Å². The molecule has 0 saturated carbocycles. The van der Waals surface area contributed by atoms with Gasteiger partial charge < -0.3 is 5.32 Å². The van der Waals surface area contributed by atoms with Crippen molar-refractivity contribution in [2.75, 3.05) is 5.32 Å². The smallest absolute Gasteiger partial charge is 0.226 e. The van der Waals surface area contributed by atoms with E-state index in [9.17, 15) is 0 Å². The monoisotopic (exact) mass is 478 g/mol. The highest BCUT2D eigenvalue weighted by molar-refractivity contribution is 14.1. The Morgan fingerprint density at radius 3 is 2.74 bits per heavy atom. The van der Waals surface area contributed by atoms with Gasteiger partial charge in [0.25, 0.3) is 0 Å². The standard InChI is InChI=1S/C17H12BrIN4/c18-13-3-1-2-12(8-13)16-9-15(11-4-6-14(19)7-5-11)22-17-20-10-21-23(16)17/h1-10,16H,(H,20,21,22)/t16-/m1/s1. The van der Waals surface area contributed by atoms with E-state index < -0.39 is 0 Å². The number of hydrogen-bond acceptors (Lipinski definition) is 3. The molecule has 2 aromatic carbocycles. The summed E-state index contributed by atoms with van der Waals surface area (Å²) >= 11 is 5.86. The zero-order valence-corrected chi connectivity index (χ0v) is 15.7. The van der Waals surface area contributed by atoms with Crippen LogP contribution in [0.2, 0.25) is 0 Å². The van der Waals surface area contributed by atoms with Crippen LogP contribution in [0.25, 0.3) is 5.70 Å². The number of anilines is 1. The number of halogens is 2. The Labute approximate surface area is 155 Å². The zero-order chi connectivity index (χ0) is 15.8. The van der Waals surface area contributed by atoms with Crippen molar-refractivity contribution in [2.45, 2.75) is 6.04 Å². The van der Waals surface area contributed by atoms with Crippen molar-refractivity contribution in [1.29, 1.82) is 0 Å². The maximum Gasteiger partial charge on any atom is 0.226 e. The largest absolute Gasteiger partial charge is 0.324 e. The second kappa shape index (κ2) is 6.09. The summed E-state index contributed by atoms with van der Waals surface area (Å²) in [5.74, 6) is 0.756. The molecule has 1 N–H and O–H groups in total. The first-order chi connectivity index (χ1) is 11.2. The third kappa shape index (κ3) is 2.92. The molecule has 114 valence electrons. The van der Waals surface area contributed by atoms with E-state index in [4.69, 9.17) is 0 Å². The fourth-order valence-corrected chi connectivity index (χ4v) is 3.44. The second-order valence-corrected chi connectivity index (χ2v) is 7.40. The van der Waals surface area contributed by atoms with E-state index in [1.165, 1.54) is 3.57 Å². The van der Waals surface area contributed by atoms with Crippen LogP contribution in [-0.2, 0) is 0 Å². The van der Waals surface area contributed by atoms with E-state index in [0.717, 1.165) is 27.2 Å². The van der Waals surface area contributed by atoms with Crippen LogP contribution in [0.15, 0.2) is 65.4 Å². The predicted octanol–water partition coefficient (Wildman–Crippen LogP) is 4.70. The third-order valence-corrected chi connectivity index (χ3v) is 4.97. The van der Waals surface area contributed by atoms with Crippen molar-refractivity contribution < 1.29 is 0 Å². The fraction of sp³-hybridized carbons (Fsp3) is 0.0588. The van der Waals surface area contributed by atoms with Crippen molar-refractivity contribution >= 4 is 50.2 Å². The van der Waals surface area contributed by atoms with Gasteiger partial charge >= 0.3 is 0 Å². The number of hydrogen-bond donors (Lipinski definition) is 1. The van der Waals surface area contributed by atoms with Gasteiger partial charge in [0.15, 0.2) is 0 Å². The van der Waals surface area contributed by atoms with Crippen LogP contribution in [-0.4, -0.2) is 14.8 Å². The molecule has 1 aliphatic rings. The van der Waals surface area contributed by atoms with Gasteiger partial charge in [0, 0.05) is 13.7 Å². The summed E-state index contributed by atoms with van der Waals surface area (Å²) in [6.45, 7) is 0. The molecule has 1 aromatic heterocycles. The molecule has 1 aliphatic heterocycles. The molecule has 0 aliphatic carbocycles. The Morgan fingerprint density at radius 2 is 1.96 bits per heavy atom. The molecule has 4 rings (SSSR count). The first kappa shape index (κ1) is 14.9. The lowest BCUT2D eigenvalue weighted by Gasteiger charge is -2.24. The molecular weight excluding hydrogens is 467 g/mol. The summed E-state index contributed by atoms with van der Waals surface area (Å²) < 4.78 is 4.17. The number of fused-ring (bicyclic) bond motifs is 1. The van der Waals surface area contributed by atoms with E-state index in [1.54, 1.807) is 6.33 Å².